The summed E-state index contributed by atoms with van der Waals surface area (Å²) < 4.78 is 0. The van der Waals surface area contributed by atoms with Crippen molar-refractivity contribution in [3.05, 3.63) is 0 Å². The molecule has 0 saturated carbocycles. The third-order valence-electron chi connectivity index (χ3n) is 1.96. The number of nitrogens with one attached hydrogen (secondary N) is 2. The van der Waals surface area contributed by atoms with Crippen LogP contribution in [0.3, 0.4) is 0 Å². The summed E-state index contributed by atoms with van der Waals surface area (Å²) in [6.07, 6.45) is 2.48. The summed E-state index contributed by atoms with van der Waals surface area (Å²) in [4.78, 5) is 11.0. The lowest BCUT2D eigenvalue weighted by Gasteiger charge is -2.09. The molecule has 0 bridgehead atoms. The summed E-state index contributed by atoms with van der Waals surface area (Å²) in [5, 5.41) is 14.3. The monoisotopic (exact) mass is 201 g/mol. The third kappa shape index (κ3) is 6.88. The zero-order valence-electron chi connectivity index (χ0n) is 8.92. The Labute approximate surface area is 85.6 Å². The Kier molecular flexibility index (Phi) is 7.46. The van der Waals surface area contributed by atoms with Gasteiger partial charge in [-0.1, -0.05) is 6.42 Å². The number of likely N-dealkylation sites (N-methyl/N-ethyl adjacent to an activating group) is 1. The molecule has 1 atom stereocenters. The van der Waals surface area contributed by atoms with E-state index < -0.39 is 13.1 Å². The minimum absolute atomic E-state index is 0.117. The van der Waals surface area contributed by atoms with Crippen LogP contribution in [-0.2, 0) is 4.79 Å². The van der Waals surface area contributed by atoms with Gasteiger partial charge in [0.05, 0.1) is 6.04 Å². The molecule has 1 amide bonds. The second kappa shape index (κ2) is 7.79. The largest absolute Gasteiger partial charge is 0.437 e. The number of carbonyl (C=O) groups excluding carboxylic acids is 1. The van der Waals surface area contributed by atoms with Crippen molar-refractivity contribution in [3.63, 3.8) is 0 Å². The van der Waals surface area contributed by atoms with Gasteiger partial charge in [0, 0.05) is 7.05 Å². The summed E-state index contributed by atoms with van der Waals surface area (Å²) in [5.74, 6) is -0.117. The molecule has 1 unspecified atom stereocenters. The molecule has 0 radical (unpaired) electrons. The first-order valence-corrected chi connectivity index (χ1v) is 4.96. The van der Waals surface area contributed by atoms with E-state index >= 15 is 0 Å². The molecule has 0 spiro atoms. The van der Waals surface area contributed by atoms with Crippen molar-refractivity contribution in [2.75, 3.05) is 13.6 Å². The zero-order chi connectivity index (χ0) is 11.0. The average Bonchev–Trinajstić information content (AvgIpc) is 2.15. The summed E-state index contributed by atoms with van der Waals surface area (Å²) >= 11 is 0. The van der Waals surface area contributed by atoms with Crippen LogP contribution in [0.2, 0.25) is 6.82 Å². The molecule has 0 aliphatic carbocycles. The van der Waals surface area contributed by atoms with Crippen molar-refractivity contribution < 1.29 is 9.82 Å². The Hall–Kier alpha value is -0.585. The highest BCUT2D eigenvalue weighted by molar-refractivity contribution is 6.45. The van der Waals surface area contributed by atoms with Gasteiger partial charge in [-0.15, -0.1) is 0 Å². The second-order valence-corrected chi connectivity index (χ2v) is 3.35. The lowest BCUT2D eigenvalue weighted by atomic mass is 9.89. The third-order valence-corrected chi connectivity index (χ3v) is 1.96. The molecule has 0 fully saturated rings. The van der Waals surface area contributed by atoms with E-state index in [1.165, 1.54) is 0 Å². The number of rotatable bonds is 7. The summed E-state index contributed by atoms with van der Waals surface area (Å²) in [6.45, 7) is 2.42. The van der Waals surface area contributed by atoms with Gasteiger partial charge in [-0.05, 0) is 26.2 Å². The molecule has 0 heterocycles. The Morgan fingerprint density at radius 2 is 2.21 bits per heavy atom. The highest BCUT2D eigenvalue weighted by Crippen LogP contribution is 1.98. The predicted molar refractivity (Wildman–Crippen MR) is 57.7 cm³/mol. The molecule has 0 aromatic rings. The Morgan fingerprint density at radius 3 is 2.71 bits per heavy atom. The number of amides is 1. The van der Waals surface area contributed by atoms with E-state index in [9.17, 15) is 4.79 Å². The Balaban J connectivity index is 3.31. The molecule has 0 aromatic heterocycles. The van der Waals surface area contributed by atoms with Crippen molar-refractivity contribution in [2.24, 2.45) is 5.73 Å². The van der Waals surface area contributed by atoms with E-state index in [0.29, 0.717) is 6.42 Å². The fraction of sp³-hybridized carbons (Fsp3) is 0.875. The highest BCUT2D eigenvalue weighted by atomic mass is 16.2. The van der Waals surface area contributed by atoms with Crippen LogP contribution in [0, 0.1) is 0 Å². The molecule has 0 aromatic carbocycles. The molecule has 82 valence electrons. The second-order valence-electron chi connectivity index (χ2n) is 3.35. The molecule has 14 heavy (non-hydrogen) atoms. The van der Waals surface area contributed by atoms with Gasteiger partial charge in [0.25, 0.3) is 0 Å². The maximum atomic E-state index is 11.0. The van der Waals surface area contributed by atoms with E-state index in [1.54, 1.807) is 13.9 Å². The lowest BCUT2D eigenvalue weighted by molar-refractivity contribution is -0.122. The van der Waals surface area contributed by atoms with Gasteiger partial charge in [0.15, 0.2) is 0 Å². The van der Waals surface area contributed by atoms with Crippen LogP contribution in [0.25, 0.3) is 0 Å². The number of hydrogen-bond donors (Lipinski definition) is 4. The fourth-order valence-corrected chi connectivity index (χ4v) is 1.12. The fourth-order valence-electron chi connectivity index (χ4n) is 1.12. The van der Waals surface area contributed by atoms with Crippen LogP contribution in [0.4, 0.5) is 0 Å². The van der Waals surface area contributed by atoms with Gasteiger partial charge in [-0.3, -0.25) is 4.79 Å². The molecular weight excluding hydrogens is 181 g/mol. The standard InChI is InChI=1S/C8H20BN3O2/c1-9(14)12-6-4-3-5-7(10)8(13)11-2/h7,12,14H,3-6,10H2,1-2H3,(H,11,13). The van der Waals surface area contributed by atoms with E-state index in [2.05, 4.69) is 10.5 Å². The van der Waals surface area contributed by atoms with E-state index in [1.807, 2.05) is 0 Å². The van der Waals surface area contributed by atoms with Crippen LogP contribution < -0.4 is 16.3 Å². The zero-order valence-corrected chi connectivity index (χ0v) is 8.92. The molecule has 5 nitrogen and oxygen atoms in total. The van der Waals surface area contributed by atoms with Gasteiger partial charge in [0.1, 0.15) is 0 Å². The average molecular weight is 201 g/mol. The molecule has 0 aliphatic rings. The topological polar surface area (TPSA) is 87.4 Å². The minimum Gasteiger partial charge on any atom is -0.437 e. The molecular formula is C8H20BN3O2. The number of unbranched alkanes of at least 4 members (excludes halogenated alkanes) is 1. The summed E-state index contributed by atoms with van der Waals surface area (Å²) in [6, 6.07) is -0.411. The van der Waals surface area contributed by atoms with Crippen LogP contribution in [-0.4, -0.2) is 37.6 Å². The maximum Gasteiger partial charge on any atom is 0.373 e. The quantitative estimate of drug-likeness (QED) is 0.312. The predicted octanol–water partition coefficient (Wildman–Crippen LogP) is -1.07. The first-order valence-electron chi connectivity index (χ1n) is 4.96. The minimum atomic E-state index is -0.470. The van der Waals surface area contributed by atoms with Crippen LogP contribution in [0.15, 0.2) is 0 Å². The van der Waals surface area contributed by atoms with Gasteiger partial charge < -0.3 is 21.3 Å². The van der Waals surface area contributed by atoms with Gasteiger partial charge in [0.2, 0.25) is 5.91 Å². The van der Waals surface area contributed by atoms with Gasteiger partial charge in [-0.25, -0.2) is 0 Å². The highest BCUT2D eigenvalue weighted by Gasteiger charge is 2.10. The van der Waals surface area contributed by atoms with E-state index in [0.717, 1.165) is 19.4 Å². The number of hydrogen-bond acceptors (Lipinski definition) is 4. The number of nitrogens with two attached hydrogens (primary N) is 1. The molecule has 0 rings (SSSR count). The molecule has 6 heteroatoms. The van der Waals surface area contributed by atoms with Crippen molar-refractivity contribution in [2.45, 2.75) is 32.1 Å². The maximum absolute atomic E-state index is 11.0. The van der Waals surface area contributed by atoms with Crippen molar-refractivity contribution in [1.29, 1.82) is 0 Å². The van der Waals surface area contributed by atoms with Crippen LogP contribution >= 0.6 is 0 Å². The number of carbonyl (C=O) groups is 1. The van der Waals surface area contributed by atoms with Crippen molar-refractivity contribution in [3.8, 4) is 0 Å². The first-order chi connectivity index (χ1) is 6.57. The molecule has 0 aliphatic heterocycles. The molecule has 0 saturated heterocycles. The summed E-state index contributed by atoms with van der Waals surface area (Å²) in [5.41, 5.74) is 5.59. The van der Waals surface area contributed by atoms with E-state index in [4.69, 9.17) is 10.8 Å². The van der Waals surface area contributed by atoms with Crippen molar-refractivity contribution in [1.82, 2.24) is 10.5 Å². The Morgan fingerprint density at radius 1 is 1.57 bits per heavy atom. The smallest absolute Gasteiger partial charge is 0.373 e. The van der Waals surface area contributed by atoms with Crippen molar-refractivity contribution >= 4 is 13.0 Å². The van der Waals surface area contributed by atoms with Gasteiger partial charge >= 0.3 is 7.05 Å². The first kappa shape index (κ1) is 13.4. The van der Waals surface area contributed by atoms with E-state index in [-0.39, 0.29) is 5.91 Å². The van der Waals surface area contributed by atoms with Gasteiger partial charge in [-0.2, -0.15) is 0 Å². The van der Waals surface area contributed by atoms with Crippen LogP contribution in [0.1, 0.15) is 19.3 Å². The SMILES string of the molecule is CNC(=O)C(N)CCCCNB(C)O. The lowest BCUT2D eigenvalue weighted by Crippen LogP contribution is -2.38. The normalized spacial score (nSPS) is 12.3. The summed E-state index contributed by atoms with van der Waals surface area (Å²) in [7, 11) is 1.11. The van der Waals surface area contributed by atoms with Crippen LogP contribution in [0.5, 0.6) is 0 Å². The Bertz CT molecular complexity index is 167. The molecule has 5 N–H and O–H groups in total.